The zero-order chi connectivity index (χ0) is 48.5. The van der Waals surface area contributed by atoms with Gasteiger partial charge in [-0.05, 0) is 183 Å². The second kappa shape index (κ2) is 30.1. The molecule has 69 heavy (non-hydrogen) atoms. The predicted octanol–water partition coefficient (Wildman–Crippen LogP) is 8.59. The van der Waals surface area contributed by atoms with E-state index in [0.717, 1.165) is 128 Å². The fraction of sp³-hybridized carbons (Fsp3) is 0.661. The molecule has 2 amide bonds. The van der Waals surface area contributed by atoms with Gasteiger partial charge >= 0.3 is 11.9 Å². The normalized spacial score (nSPS) is 18.5. The van der Waals surface area contributed by atoms with Gasteiger partial charge in [0, 0.05) is 41.7 Å². The van der Waals surface area contributed by atoms with E-state index in [9.17, 15) is 19.2 Å². The van der Waals surface area contributed by atoms with Gasteiger partial charge in [-0.15, -0.1) is 0 Å². The van der Waals surface area contributed by atoms with Gasteiger partial charge < -0.3 is 25.4 Å². The largest absolute Gasteiger partial charge is 0.464 e. The van der Waals surface area contributed by atoms with E-state index in [4.69, 9.17) is 19.4 Å². The van der Waals surface area contributed by atoms with Crippen LogP contribution in [0.5, 0.6) is 0 Å². The third-order valence-corrected chi connectivity index (χ3v) is 14.3. The number of fused-ring (bicyclic) bond motifs is 2. The molecule has 13 heteroatoms. The molecule has 3 N–H and O–H groups in total. The Morgan fingerprint density at radius 3 is 1.68 bits per heavy atom. The number of carbonyl (C=O) groups excluding carboxylic acids is 4. The molecule has 4 aliphatic rings. The Morgan fingerprint density at radius 1 is 0.623 bits per heavy atom. The van der Waals surface area contributed by atoms with Crippen molar-refractivity contribution in [2.45, 2.75) is 212 Å². The highest BCUT2D eigenvalue weighted by Gasteiger charge is 2.33. The number of hydrogen-bond acceptors (Lipinski definition) is 11. The molecule has 0 bridgehead atoms. The number of nitrogens with one attached hydrogen (secondary N) is 3. The summed E-state index contributed by atoms with van der Waals surface area (Å²) in [6.45, 7) is 6.72. The van der Waals surface area contributed by atoms with Gasteiger partial charge in [-0.1, -0.05) is 63.5 Å². The highest BCUT2D eigenvalue weighted by Crippen LogP contribution is 2.24. The number of aromatic nitrogens is 3. The van der Waals surface area contributed by atoms with Crippen LogP contribution in [0, 0.1) is 0 Å². The Hall–Kier alpha value is -4.75. The first kappa shape index (κ1) is 53.6. The van der Waals surface area contributed by atoms with Crippen molar-refractivity contribution in [1.29, 1.82) is 0 Å². The summed E-state index contributed by atoms with van der Waals surface area (Å²) in [5, 5.41) is 9.12. The number of pyridine rings is 3. The molecule has 0 unspecified atom stereocenters. The molecule has 0 radical (unpaired) electrons. The van der Waals surface area contributed by atoms with Crippen molar-refractivity contribution in [3.8, 4) is 0 Å². The fourth-order valence-corrected chi connectivity index (χ4v) is 10.4. The van der Waals surface area contributed by atoms with Crippen LogP contribution in [0.4, 0.5) is 0 Å². The highest BCUT2D eigenvalue weighted by molar-refractivity contribution is 5.88. The first-order valence-electron chi connectivity index (χ1n) is 27.1. The second-order valence-electron chi connectivity index (χ2n) is 19.6. The molecule has 4 atom stereocenters. The van der Waals surface area contributed by atoms with E-state index in [-0.39, 0.29) is 35.8 Å². The Kier molecular flexibility index (Phi) is 23.4. The van der Waals surface area contributed by atoms with Gasteiger partial charge in [0.25, 0.3) is 0 Å². The van der Waals surface area contributed by atoms with E-state index in [2.05, 4.69) is 50.1 Å². The van der Waals surface area contributed by atoms with Crippen LogP contribution < -0.4 is 16.0 Å². The first-order valence-corrected chi connectivity index (χ1v) is 27.1. The molecule has 2 saturated heterocycles. The Morgan fingerprint density at radius 2 is 1.14 bits per heavy atom. The van der Waals surface area contributed by atoms with Crippen LogP contribution in [0.15, 0.2) is 48.8 Å². The van der Waals surface area contributed by atoms with Crippen LogP contribution >= 0.6 is 0 Å². The van der Waals surface area contributed by atoms with Crippen molar-refractivity contribution in [3.05, 3.63) is 88.3 Å². The number of carbonyl (C=O) groups is 4. The van der Waals surface area contributed by atoms with Crippen molar-refractivity contribution >= 4 is 23.8 Å². The number of ether oxygens (including phenoxy) is 2. The summed E-state index contributed by atoms with van der Waals surface area (Å²) >= 11 is 0. The van der Waals surface area contributed by atoms with Crippen molar-refractivity contribution < 1.29 is 28.7 Å². The van der Waals surface area contributed by atoms with Crippen LogP contribution in [0.25, 0.3) is 0 Å². The summed E-state index contributed by atoms with van der Waals surface area (Å²) in [6.07, 6.45) is 31.1. The van der Waals surface area contributed by atoms with Crippen molar-refractivity contribution in [2.24, 2.45) is 0 Å². The van der Waals surface area contributed by atoms with Crippen LogP contribution in [0.1, 0.15) is 182 Å². The number of nitrogens with zero attached hydrogens (tertiary/aromatic N) is 4. The van der Waals surface area contributed by atoms with E-state index in [1.165, 1.54) is 78.8 Å². The Bertz CT molecular complexity index is 2030. The van der Waals surface area contributed by atoms with Crippen molar-refractivity contribution in [3.63, 3.8) is 0 Å². The third-order valence-electron chi connectivity index (χ3n) is 14.3. The summed E-state index contributed by atoms with van der Waals surface area (Å²) in [7, 11) is 0. The molecule has 0 saturated carbocycles. The Balaban J connectivity index is 0.000000232. The number of hydrogen-bond donors (Lipinski definition) is 3. The highest BCUT2D eigenvalue weighted by atomic mass is 16.5. The minimum Gasteiger partial charge on any atom is -0.464 e. The predicted molar refractivity (Wildman–Crippen MR) is 270 cm³/mol. The number of amides is 2. The summed E-state index contributed by atoms with van der Waals surface area (Å²) in [4.78, 5) is 66.5. The van der Waals surface area contributed by atoms with Gasteiger partial charge in [-0.3, -0.25) is 29.4 Å². The molecule has 2 fully saturated rings. The van der Waals surface area contributed by atoms with Crippen LogP contribution in [0.3, 0.4) is 0 Å². The fourth-order valence-electron chi connectivity index (χ4n) is 10.4. The number of likely N-dealkylation sites (tertiary alicyclic amines) is 1. The minimum atomic E-state index is -0.578. The molecule has 3 aromatic rings. The summed E-state index contributed by atoms with van der Waals surface area (Å²) in [6, 6.07) is 11.4. The molecule has 0 spiro atoms. The van der Waals surface area contributed by atoms with Gasteiger partial charge in [0.15, 0.2) is 0 Å². The topological polar surface area (TPSA) is 165 Å². The summed E-state index contributed by atoms with van der Waals surface area (Å²) in [5.74, 6) is -0.773. The molecule has 2 aliphatic carbocycles. The molecule has 5 heterocycles. The van der Waals surface area contributed by atoms with Crippen LogP contribution in [-0.2, 0) is 73.7 Å². The van der Waals surface area contributed by atoms with Gasteiger partial charge in [0.2, 0.25) is 11.8 Å². The zero-order valence-electron chi connectivity index (χ0n) is 42.1. The third kappa shape index (κ3) is 18.2. The van der Waals surface area contributed by atoms with E-state index in [0.29, 0.717) is 32.6 Å². The van der Waals surface area contributed by atoms with Gasteiger partial charge in [0.1, 0.15) is 12.1 Å². The lowest BCUT2D eigenvalue weighted by Gasteiger charge is -2.26. The number of rotatable bonds is 26. The summed E-state index contributed by atoms with van der Waals surface area (Å²) in [5.41, 5.74) is 9.12. The molecular weight excluding hydrogens is 867 g/mol. The van der Waals surface area contributed by atoms with E-state index >= 15 is 0 Å². The minimum absolute atomic E-state index is 0.0628. The lowest BCUT2D eigenvalue weighted by Crippen LogP contribution is -2.49. The molecule has 13 nitrogen and oxygen atoms in total. The SMILES string of the molecule is CCOC(=O)[C@H](CCCCCCCc1ccc2c(n1)CCCC2)NC(=O)[C@@H]1CCCN1.CCOC(=O)[C@H](CCCCCCCc1ccc2c(n1)CCCC2)NC(=O)[C@@H]1CCCN1Cc1ccncc1. The first-order chi connectivity index (χ1) is 33.8. The lowest BCUT2D eigenvalue weighted by atomic mass is 9.95. The number of aryl methyl sites for hydroxylation is 6. The maximum Gasteiger partial charge on any atom is 0.328 e. The van der Waals surface area contributed by atoms with Crippen molar-refractivity contribution in [2.75, 3.05) is 26.3 Å². The molecule has 2 aliphatic heterocycles. The molecule has 378 valence electrons. The van der Waals surface area contributed by atoms with E-state index in [1.54, 1.807) is 19.3 Å². The van der Waals surface area contributed by atoms with Gasteiger partial charge in [-0.25, -0.2) is 9.59 Å². The average molecular weight is 950 g/mol. The molecule has 3 aromatic heterocycles. The number of esters is 2. The maximum atomic E-state index is 13.2. The smallest absolute Gasteiger partial charge is 0.328 e. The zero-order valence-corrected chi connectivity index (χ0v) is 42.1. The van der Waals surface area contributed by atoms with Gasteiger partial charge in [0.05, 0.1) is 25.3 Å². The quantitative estimate of drug-likeness (QED) is 0.0522. The average Bonchev–Trinajstić information content (AvgIpc) is 4.09. The van der Waals surface area contributed by atoms with E-state index in [1.807, 2.05) is 19.1 Å². The standard InChI is InChI=1S/C31H44N4O3.C25H39N3O3/c1-2-38-31(37)28(34-30(36)29-15-10-22-35(29)23-24-18-20-32-21-19-24)14-7-5-3-4-6-12-26-17-16-25-11-8-9-13-27(25)33-26;1-2-31-25(30)23(28-24(29)22-15-10-18-26-22)14-7-5-3-4-6-12-20-17-16-19-11-8-9-13-21(19)27-20/h16-21,28-29H,2-15,22-23H2,1H3,(H,34,36);16-17,22-23,26H,2-15,18H2,1H3,(H,28,29)/t28-,29-;22-,23-/m00/s1. The summed E-state index contributed by atoms with van der Waals surface area (Å²) < 4.78 is 10.5. The van der Waals surface area contributed by atoms with Crippen LogP contribution in [-0.4, -0.2) is 94.1 Å². The number of unbranched alkanes of at least 4 members (excludes halogenated alkanes) is 8. The Labute approximate surface area is 412 Å². The van der Waals surface area contributed by atoms with Gasteiger partial charge in [-0.2, -0.15) is 0 Å². The maximum absolute atomic E-state index is 13.2. The lowest BCUT2D eigenvalue weighted by molar-refractivity contribution is -0.148. The van der Waals surface area contributed by atoms with E-state index < -0.39 is 12.1 Å². The monoisotopic (exact) mass is 950 g/mol. The molecule has 7 rings (SSSR count). The molecular formula is C56H83N7O6. The molecule has 0 aromatic carbocycles. The van der Waals surface area contributed by atoms with Crippen LogP contribution in [0.2, 0.25) is 0 Å². The second-order valence-corrected chi connectivity index (χ2v) is 19.6. The van der Waals surface area contributed by atoms with Crippen molar-refractivity contribution in [1.82, 2.24) is 35.8 Å².